The van der Waals surface area contributed by atoms with Gasteiger partial charge in [-0.2, -0.15) is 18.4 Å². The molecule has 4 nitrogen and oxygen atoms in total. The van der Waals surface area contributed by atoms with Crippen molar-refractivity contribution in [3.63, 3.8) is 0 Å². The summed E-state index contributed by atoms with van der Waals surface area (Å²) in [6, 6.07) is 18.0. The predicted octanol–water partition coefficient (Wildman–Crippen LogP) is 3.69. The van der Waals surface area contributed by atoms with Crippen molar-refractivity contribution in [2.45, 2.75) is 18.7 Å². The number of sulfonamides is 1. The van der Waals surface area contributed by atoms with Crippen LogP contribution in [-0.2, 0) is 10.0 Å². The van der Waals surface area contributed by atoms with Crippen molar-refractivity contribution in [2.75, 3.05) is 0 Å². The first-order chi connectivity index (χ1) is 11.0. The van der Waals surface area contributed by atoms with Gasteiger partial charge in [0.15, 0.2) is 0 Å². The summed E-state index contributed by atoms with van der Waals surface area (Å²) in [5.74, 6) is 0.0911. The van der Waals surface area contributed by atoms with Gasteiger partial charge in [-0.05, 0) is 29.7 Å². The van der Waals surface area contributed by atoms with E-state index in [1.54, 1.807) is 18.2 Å². The SMILES string of the molecule is CC(C)C(/C=C\c1ccccc1)=N/NS(=O)(=O)c1ccccc1. The van der Waals surface area contributed by atoms with Gasteiger partial charge in [-0.15, -0.1) is 0 Å². The molecule has 0 saturated carbocycles. The molecule has 0 aliphatic carbocycles. The fourth-order valence-corrected chi connectivity index (χ4v) is 2.72. The molecule has 0 radical (unpaired) electrons. The summed E-state index contributed by atoms with van der Waals surface area (Å²) >= 11 is 0. The van der Waals surface area contributed by atoms with Crippen LogP contribution in [0.15, 0.2) is 76.7 Å². The van der Waals surface area contributed by atoms with Crippen LogP contribution in [0.4, 0.5) is 0 Å². The van der Waals surface area contributed by atoms with Crippen LogP contribution >= 0.6 is 0 Å². The third-order valence-electron chi connectivity index (χ3n) is 3.19. The van der Waals surface area contributed by atoms with Crippen molar-refractivity contribution < 1.29 is 8.42 Å². The van der Waals surface area contributed by atoms with Crippen LogP contribution in [0, 0.1) is 5.92 Å². The van der Waals surface area contributed by atoms with E-state index in [4.69, 9.17) is 0 Å². The normalized spacial score (nSPS) is 12.7. The quantitative estimate of drug-likeness (QED) is 0.649. The molecule has 0 aliphatic heterocycles. The Kier molecular flexibility index (Phi) is 5.71. The number of rotatable bonds is 6. The number of nitrogens with zero attached hydrogens (tertiary/aromatic N) is 1. The molecule has 0 amide bonds. The molecule has 2 aromatic rings. The largest absolute Gasteiger partial charge is 0.276 e. The van der Waals surface area contributed by atoms with Gasteiger partial charge in [-0.1, -0.05) is 68.5 Å². The highest BCUT2D eigenvalue weighted by atomic mass is 32.2. The number of benzene rings is 2. The highest BCUT2D eigenvalue weighted by molar-refractivity contribution is 7.89. The van der Waals surface area contributed by atoms with E-state index in [0.29, 0.717) is 5.71 Å². The van der Waals surface area contributed by atoms with Gasteiger partial charge < -0.3 is 0 Å². The van der Waals surface area contributed by atoms with Gasteiger partial charge in [-0.3, -0.25) is 0 Å². The van der Waals surface area contributed by atoms with Crippen LogP contribution in [0.5, 0.6) is 0 Å². The van der Waals surface area contributed by atoms with Gasteiger partial charge in [0, 0.05) is 0 Å². The molecule has 2 aromatic carbocycles. The topological polar surface area (TPSA) is 58.5 Å². The maximum Gasteiger partial charge on any atom is 0.276 e. The summed E-state index contributed by atoms with van der Waals surface area (Å²) in [5, 5.41) is 4.08. The monoisotopic (exact) mass is 328 g/mol. The van der Waals surface area contributed by atoms with E-state index in [1.165, 1.54) is 12.1 Å². The van der Waals surface area contributed by atoms with Crippen molar-refractivity contribution >= 4 is 21.8 Å². The Balaban J connectivity index is 2.18. The molecule has 0 fully saturated rings. The standard InChI is InChI=1S/C18H20N2O2S/c1-15(2)18(14-13-16-9-5-3-6-10-16)19-20-23(21,22)17-11-7-4-8-12-17/h3-15,20H,1-2H3/b14-13-,19-18+. The highest BCUT2D eigenvalue weighted by Gasteiger charge is 2.12. The molecular weight excluding hydrogens is 308 g/mol. The van der Waals surface area contributed by atoms with E-state index in [0.717, 1.165) is 5.56 Å². The fraction of sp³-hybridized carbons (Fsp3) is 0.167. The van der Waals surface area contributed by atoms with E-state index < -0.39 is 10.0 Å². The van der Waals surface area contributed by atoms with Crippen LogP contribution in [0.1, 0.15) is 19.4 Å². The van der Waals surface area contributed by atoms with Crippen LogP contribution in [0.2, 0.25) is 0 Å². The molecule has 0 aliphatic rings. The van der Waals surface area contributed by atoms with Crippen LogP contribution in [0.25, 0.3) is 6.08 Å². The van der Waals surface area contributed by atoms with Crippen molar-refractivity contribution in [3.8, 4) is 0 Å². The molecule has 2 rings (SSSR count). The highest BCUT2D eigenvalue weighted by Crippen LogP contribution is 2.09. The summed E-state index contributed by atoms with van der Waals surface area (Å²) < 4.78 is 24.4. The Morgan fingerprint density at radius 1 is 1.00 bits per heavy atom. The molecule has 0 unspecified atom stereocenters. The fourth-order valence-electron chi connectivity index (χ4n) is 1.87. The number of hydrazone groups is 1. The molecule has 0 saturated heterocycles. The first-order valence-corrected chi connectivity index (χ1v) is 8.85. The zero-order valence-electron chi connectivity index (χ0n) is 13.2. The number of allylic oxidation sites excluding steroid dienone is 1. The van der Waals surface area contributed by atoms with Gasteiger partial charge in [0.1, 0.15) is 0 Å². The Bertz CT molecular complexity index is 780. The van der Waals surface area contributed by atoms with E-state index in [-0.39, 0.29) is 10.8 Å². The Hall–Kier alpha value is -2.40. The van der Waals surface area contributed by atoms with Crippen LogP contribution in [0.3, 0.4) is 0 Å². The van der Waals surface area contributed by atoms with Gasteiger partial charge in [0.2, 0.25) is 0 Å². The molecule has 0 spiro atoms. The van der Waals surface area contributed by atoms with Crippen LogP contribution < -0.4 is 4.83 Å². The molecule has 0 bridgehead atoms. The lowest BCUT2D eigenvalue weighted by atomic mass is 10.1. The average molecular weight is 328 g/mol. The number of hydrogen-bond acceptors (Lipinski definition) is 3. The summed E-state index contributed by atoms with van der Waals surface area (Å²) in [7, 11) is -3.64. The third-order valence-corrected chi connectivity index (χ3v) is 4.41. The second kappa shape index (κ2) is 7.74. The lowest BCUT2D eigenvalue weighted by Gasteiger charge is -2.08. The van der Waals surface area contributed by atoms with Gasteiger partial charge >= 0.3 is 0 Å². The van der Waals surface area contributed by atoms with Crippen LogP contribution in [-0.4, -0.2) is 14.1 Å². The van der Waals surface area contributed by atoms with Crippen molar-refractivity contribution in [1.82, 2.24) is 4.83 Å². The van der Waals surface area contributed by atoms with Crippen molar-refractivity contribution in [2.24, 2.45) is 11.0 Å². The van der Waals surface area contributed by atoms with Crippen molar-refractivity contribution in [1.29, 1.82) is 0 Å². The lowest BCUT2D eigenvalue weighted by Crippen LogP contribution is -2.21. The van der Waals surface area contributed by atoms with E-state index in [2.05, 4.69) is 9.93 Å². The minimum Gasteiger partial charge on any atom is -0.200 e. The van der Waals surface area contributed by atoms with Gasteiger partial charge in [0.05, 0.1) is 10.6 Å². The molecule has 0 atom stereocenters. The summed E-state index contributed by atoms with van der Waals surface area (Å²) in [4.78, 5) is 2.50. The minimum atomic E-state index is -3.64. The number of nitrogens with one attached hydrogen (secondary N) is 1. The van der Waals surface area contributed by atoms with E-state index in [9.17, 15) is 8.42 Å². The second-order valence-electron chi connectivity index (χ2n) is 5.34. The van der Waals surface area contributed by atoms with Gasteiger partial charge in [-0.25, -0.2) is 0 Å². The molecular formula is C18H20N2O2S. The molecule has 120 valence electrons. The zero-order valence-corrected chi connectivity index (χ0v) is 14.0. The summed E-state index contributed by atoms with van der Waals surface area (Å²) in [5.41, 5.74) is 1.69. The Morgan fingerprint density at radius 3 is 2.13 bits per heavy atom. The van der Waals surface area contributed by atoms with E-state index >= 15 is 0 Å². The third kappa shape index (κ3) is 5.07. The molecule has 0 aromatic heterocycles. The predicted molar refractivity (Wildman–Crippen MR) is 94.5 cm³/mol. The maximum absolute atomic E-state index is 12.2. The van der Waals surface area contributed by atoms with E-state index in [1.807, 2.05) is 56.3 Å². The van der Waals surface area contributed by atoms with Crippen molar-refractivity contribution in [3.05, 3.63) is 72.3 Å². The number of hydrogen-bond donors (Lipinski definition) is 1. The Labute approximate surface area is 137 Å². The molecule has 1 N–H and O–H groups in total. The first-order valence-electron chi connectivity index (χ1n) is 7.36. The molecule has 5 heteroatoms. The minimum absolute atomic E-state index is 0.0911. The van der Waals surface area contributed by atoms with Gasteiger partial charge in [0.25, 0.3) is 10.0 Å². The maximum atomic E-state index is 12.2. The lowest BCUT2D eigenvalue weighted by molar-refractivity contribution is 0.584. The smallest absolute Gasteiger partial charge is 0.200 e. The molecule has 0 heterocycles. The zero-order chi connectivity index (χ0) is 16.7. The second-order valence-corrected chi connectivity index (χ2v) is 7.00. The average Bonchev–Trinajstić information content (AvgIpc) is 2.56. The summed E-state index contributed by atoms with van der Waals surface area (Å²) in [6.07, 6.45) is 3.74. The first kappa shape index (κ1) is 17.0. The Morgan fingerprint density at radius 2 is 1.57 bits per heavy atom. The molecule has 23 heavy (non-hydrogen) atoms. The summed E-state index contributed by atoms with van der Waals surface area (Å²) in [6.45, 7) is 3.93.